The van der Waals surface area contributed by atoms with Crippen LogP contribution in [0, 0.1) is 6.92 Å². The van der Waals surface area contributed by atoms with Crippen LogP contribution in [0.3, 0.4) is 0 Å². The van der Waals surface area contributed by atoms with E-state index in [-0.39, 0.29) is 5.91 Å². The van der Waals surface area contributed by atoms with Crippen molar-refractivity contribution >= 4 is 11.6 Å². The Kier molecular flexibility index (Phi) is 4.30. The van der Waals surface area contributed by atoms with E-state index in [9.17, 15) is 4.79 Å². The fourth-order valence-electron chi connectivity index (χ4n) is 3.57. The van der Waals surface area contributed by atoms with Gasteiger partial charge in [0.05, 0.1) is 32.6 Å². The Hall–Kier alpha value is -2.57. The third-order valence-electron chi connectivity index (χ3n) is 4.72. The lowest BCUT2D eigenvalue weighted by molar-refractivity contribution is -0.180. The number of fused-ring (bicyclic) bond motifs is 2. The normalized spacial score (nSPS) is 17.6. The molecule has 2 heterocycles. The van der Waals surface area contributed by atoms with Crippen molar-refractivity contribution in [2.75, 3.05) is 38.4 Å². The average Bonchev–Trinajstić information content (AvgIpc) is 3.24. The summed E-state index contributed by atoms with van der Waals surface area (Å²) in [6.07, 6.45) is 0. The number of anilines is 1. The van der Waals surface area contributed by atoms with Gasteiger partial charge in [0, 0.05) is 5.56 Å². The van der Waals surface area contributed by atoms with Crippen molar-refractivity contribution in [3.8, 4) is 11.5 Å². The number of hydrogen-bond donors (Lipinski definition) is 0. The number of ether oxygens (including phenoxy) is 4. The zero-order valence-corrected chi connectivity index (χ0v) is 14.9. The van der Waals surface area contributed by atoms with Gasteiger partial charge in [-0.1, -0.05) is 30.3 Å². The third kappa shape index (κ3) is 2.53. The molecular formula is C20H21NO5. The first kappa shape index (κ1) is 16.9. The van der Waals surface area contributed by atoms with Crippen molar-refractivity contribution in [2.45, 2.75) is 12.7 Å². The van der Waals surface area contributed by atoms with Crippen LogP contribution in [0.15, 0.2) is 42.5 Å². The van der Waals surface area contributed by atoms with E-state index in [4.69, 9.17) is 18.9 Å². The van der Waals surface area contributed by atoms with Gasteiger partial charge in [0.15, 0.2) is 11.5 Å². The third-order valence-corrected chi connectivity index (χ3v) is 4.72. The van der Waals surface area contributed by atoms with E-state index in [1.54, 1.807) is 12.0 Å². The first-order valence-electron chi connectivity index (χ1n) is 8.63. The van der Waals surface area contributed by atoms with Crippen LogP contribution in [0.25, 0.3) is 0 Å². The zero-order valence-electron chi connectivity index (χ0n) is 14.9. The van der Waals surface area contributed by atoms with Crippen molar-refractivity contribution < 1.29 is 23.7 Å². The summed E-state index contributed by atoms with van der Waals surface area (Å²) in [5, 5.41) is 0. The summed E-state index contributed by atoms with van der Waals surface area (Å²) in [6.45, 7) is 3.52. The van der Waals surface area contributed by atoms with E-state index in [2.05, 4.69) is 0 Å². The van der Waals surface area contributed by atoms with Gasteiger partial charge in [0.25, 0.3) is 11.7 Å². The van der Waals surface area contributed by atoms with Gasteiger partial charge < -0.3 is 23.8 Å². The van der Waals surface area contributed by atoms with Crippen LogP contribution in [-0.4, -0.2) is 39.4 Å². The summed E-state index contributed by atoms with van der Waals surface area (Å²) < 4.78 is 22.6. The molecule has 136 valence electrons. The van der Waals surface area contributed by atoms with Crippen LogP contribution in [-0.2, 0) is 20.1 Å². The van der Waals surface area contributed by atoms with Crippen LogP contribution >= 0.6 is 0 Å². The zero-order chi connectivity index (χ0) is 18.1. The van der Waals surface area contributed by atoms with Crippen molar-refractivity contribution in [1.29, 1.82) is 0 Å². The van der Waals surface area contributed by atoms with Crippen LogP contribution in [0.2, 0.25) is 0 Å². The topological polar surface area (TPSA) is 57.2 Å². The molecule has 0 N–H and O–H groups in total. The molecule has 0 unspecified atom stereocenters. The SMILES string of the molecule is COc1ccccc1OCCN1C(=O)C2(OCCO2)c2cccc(C)c21. The molecule has 2 aliphatic heterocycles. The van der Waals surface area contributed by atoms with Gasteiger partial charge in [-0.05, 0) is 24.6 Å². The largest absolute Gasteiger partial charge is 0.493 e. The molecular weight excluding hydrogens is 334 g/mol. The maximum Gasteiger partial charge on any atom is 0.292 e. The number of hydrogen-bond acceptors (Lipinski definition) is 5. The van der Waals surface area contributed by atoms with Crippen molar-refractivity contribution in [2.24, 2.45) is 0 Å². The maximum atomic E-state index is 13.1. The van der Waals surface area contributed by atoms with Gasteiger partial charge in [-0.15, -0.1) is 0 Å². The van der Waals surface area contributed by atoms with Gasteiger partial charge in [-0.3, -0.25) is 4.79 Å². The van der Waals surface area contributed by atoms with E-state index in [0.717, 1.165) is 16.8 Å². The molecule has 0 bridgehead atoms. The minimum Gasteiger partial charge on any atom is -0.493 e. The number of carbonyl (C=O) groups excluding carboxylic acids is 1. The Bertz CT molecular complexity index is 829. The fourth-order valence-corrected chi connectivity index (χ4v) is 3.57. The summed E-state index contributed by atoms with van der Waals surface area (Å²) in [5.74, 6) is -0.181. The lowest BCUT2D eigenvalue weighted by atomic mass is 10.0. The van der Waals surface area contributed by atoms with Crippen LogP contribution in [0.5, 0.6) is 11.5 Å². The predicted octanol–water partition coefficient (Wildman–Crippen LogP) is 2.63. The Labute approximate surface area is 152 Å². The highest BCUT2D eigenvalue weighted by atomic mass is 16.7. The summed E-state index contributed by atoms with van der Waals surface area (Å²) in [4.78, 5) is 14.8. The lowest BCUT2D eigenvalue weighted by Crippen LogP contribution is -2.42. The van der Waals surface area contributed by atoms with Gasteiger partial charge >= 0.3 is 0 Å². The summed E-state index contributed by atoms with van der Waals surface area (Å²) in [7, 11) is 1.60. The second-order valence-electron chi connectivity index (χ2n) is 6.24. The summed E-state index contributed by atoms with van der Waals surface area (Å²) in [5.41, 5.74) is 2.63. The number of benzene rings is 2. The Morgan fingerprint density at radius 1 is 1.08 bits per heavy atom. The van der Waals surface area contributed by atoms with Crippen LogP contribution in [0.1, 0.15) is 11.1 Å². The average molecular weight is 355 g/mol. The van der Waals surface area contributed by atoms with E-state index in [0.29, 0.717) is 37.9 Å². The van der Waals surface area contributed by atoms with Gasteiger partial charge in [0.2, 0.25) is 0 Å². The van der Waals surface area contributed by atoms with Crippen LogP contribution < -0.4 is 14.4 Å². The Balaban J connectivity index is 1.57. The number of nitrogens with zero attached hydrogens (tertiary/aromatic N) is 1. The van der Waals surface area contributed by atoms with E-state index < -0.39 is 5.79 Å². The van der Waals surface area contributed by atoms with Gasteiger partial charge in [-0.2, -0.15) is 0 Å². The summed E-state index contributed by atoms with van der Waals surface area (Å²) in [6, 6.07) is 13.2. The molecule has 26 heavy (non-hydrogen) atoms. The molecule has 0 saturated carbocycles. The number of para-hydroxylation sites is 3. The predicted molar refractivity (Wildman–Crippen MR) is 95.6 cm³/mol. The molecule has 0 atom stereocenters. The first-order chi connectivity index (χ1) is 12.7. The summed E-state index contributed by atoms with van der Waals surface area (Å²) >= 11 is 0. The molecule has 1 amide bonds. The second kappa shape index (κ2) is 6.63. The van der Waals surface area contributed by atoms with Crippen molar-refractivity contribution in [1.82, 2.24) is 0 Å². The molecule has 1 saturated heterocycles. The van der Waals surface area contributed by atoms with Crippen LogP contribution in [0.4, 0.5) is 5.69 Å². The number of carbonyl (C=O) groups is 1. The number of methoxy groups -OCH3 is 1. The molecule has 0 aliphatic carbocycles. The molecule has 1 spiro atoms. The highest BCUT2D eigenvalue weighted by molar-refractivity contribution is 6.07. The molecule has 2 aromatic carbocycles. The van der Waals surface area contributed by atoms with Crippen molar-refractivity contribution in [3.05, 3.63) is 53.6 Å². The number of amides is 1. The molecule has 6 nitrogen and oxygen atoms in total. The minimum atomic E-state index is -1.30. The molecule has 0 aromatic heterocycles. The maximum absolute atomic E-state index is 13.1. The lowest BCUT2D eigenvalue weighted by Gasteiger charge is -2.22. The quantitative estimate of drug-likeness (QED) is 0.825. The Morgan fingerprint density at radius 3 is 2.54 bits per heavy atom. The molecule has 0 radical (unpaired) electrons. The number of rotatable bonds is 5. The van der Waals surface area contributed by atoms with E-state index in [1.807, 2.05) is 49.4 Å². The molecule has 6 heteroatoms. The highest BCUT2D eigenvalue weighted by Gasteiger charge is 2.56. The second-order valence-corrected chi connectivity index (χ2v) is 6.24. The smallest absolute Gasteiger partial charge is 0.292 e. The standard InChI is InChI=1S/C20H21NO5/c1-14-6-5-7-15-18(14)21(19(22)20(15)25-12-13-26-20)10-11-24-17-9-4-3-8-16(17)23-2/h3-9H,10-13H2,1-2H3. The monoisotopic (exact) mass is 355 g/mol. The number of aryl methyl sites for hydroxylation is 1. The minimum absolute atomic E-state index is 0.192. The van der Waals surface area contributed by atoms with E-state index in [1.165, 1.54) is 0 Å². The Morgan fingerprint density at radius 2 is 1.81 bits per heavy atom. The molecule has 1 fully saturated rings. The molecule has 2 aromatic rings. The van der Waals surface area contributed by atoms with Gasteiger partial charge in [0.1, 0.15) is 6.61 Å². The van der Waals surface area contributed by atoms with E-state index >= 15 is 0 Å². The highest BCUT2D eigenvalue weighted by Crippen LogP contribution is 2.46. The molecule has 2 aliphatic rings. The fraction of sp³-hybridized carbons (Fsp3) is 0.350. The first-order valence-corrected chi connectivity index (χ1v) is 8.63. The van der Waals surface area contributed by atoms with Gasteiger partial charge in [-0.25, -0.2) is 0 Å². The van der Waals surface area contributed by atoms with Crippen molar-refractivity contribution in [3.63, 3.8) is 0 Å². The molecule has 4 rings (SSSR count).